The van der Waals surface area contributed by atoms with Crippen LogP contribution in [-0.4, -0.2) is 14.8 Å². The van der Waals surface area contributed by atoms with Crippen LogP contribution in [0.1, 0.15) is 16.7 Å². The average Bonchev–Trinajstić information content (AvgIpc) is 3.03. The maximum Gasteiger partial charge on any atom is 0.221 e. The van der Waals surface area contributed by atoms with Gasteiger partial charge in [0.05, 0.1) is 12.1 Å². The molecule has 3 aromatic carbocycles. The standard InChI is InChI=1S/C24H20ClFN4OS/c1-14-10-11-16(12-15(14)2)27-24(32)29-28-22-17-6-3-4-9-21(17)30(23(22)31)13-18-19(25)7-5-8-20(18)26/h3-12,31H,13H2,1-2H3,(H,27,32). The molecule has 4 aromatic rings. The first-order chi connectivity index (χ1) is 15.3. The van der Waals surface area contributed by atoms with Gasteiger partial charge in [-0.1, -0.05) is 41.9 Å². The Bertz CT molecular complexity index is 1350. The predicted molar refractivity (Wildman–Crippen MR) is 131 cm³/mol. The van der Waals surface area contributed by atoms with Crippen molar-refractivity contribution in [1.82, 2.24) is 4.57 Å². The highest BCUT2D eigenvalue weighted by Crippen LogP contribution is 2.40. The van der Waals surface area contributed by atoms with Gasteiger partial charge in [0, 0.05) is 21.7 Å². The maximum absolute atomic E-state index is 14.3. The molecule has 0 saturated heterocycles. The Labute approximate surface area is 195 Å². The lowest BCUT2D eigenvalue weighted by atomic mass is 10.1. The molecule has 0 radical (unpaired) electrons. The summed E-state index contributed by atoms with van der Waals surface area (Å²) in [6, 6.07) is 17.6. The molecule has 0 bridgehead atoms. The van der Waals surface area contributed by atoms with Gasteiger partial charge in [-0.15, -0.1) is 10.2 Å². The van der Waals surface area contributed by atoms with Crippen molar-refractivity contribution in [3.8, 4) is 5.88 Å². The highest BCUT2D eigenvalue weighted by atomic mass is 35.5. The lowest BCUT2D eigenvalue weighted by Crippen LogP contribution is -2.05. The molecule has 2 N–H and O–H groups in total. The Morgan fingerprint density at radius 3 is 2.62 bits per heavy atom. The minimum Gasteiger partial charge on any atom is -0.493 e. The molecule has 0 spiro atoms. The average molecular weight is 467 g/mol. The second-order valence-electron chi connectivity index (χ2n) is 7.40. The minimum atomic E-state index is -0.448. The van der Waals surface area contributed by atoms with Gasteiger partial charge in [-0.25, -0.2) is 4.39 Å². The smallest absolute Gasteiger partial charge is 0.221 e. The van der Waals surface area contributed by atoms with E-state index in [9.17, 15) is 9.50 Å². The molecule has 0 fully saturated rings. The van der Waals surface area contributed by atoms with E-state index in [2.05, 4.69) is 15.5 Å². The van der Waals surface area contributed by atoms with Crippen LogP contribution in [0.4, 0.5) is 15.8 Å². The van der Waals surface area contributed by atoms with Gasteiger partial charge in [0.25, 0.3) is 0 Å². The van der Waals surface area contributed by atoms with Crippen molar-refractivity contribution in [2.24, 2.45) is 10.2 Å². The van der Waals surface area contributed by atoms with Gasteiger partial charge >= 0.3 is 0 Å². The van der Waals surface area contributed by atoms with E-state index in [1.54, 1.807) is 10.6 Å². The molecule has 0 unspecified atom stereocenters. The van der Waals surface area contributed by atoms with Crippen molar-refractivity contribution in [3.05, 3.63) is 88.2 Å². The van der Waals surface area contributed by atoms with E-state index >= 15 is 0 Å². The van der Waals surface area contributed by atoms with Gasteiger partial charge in [0.2, 0.25) is 11.0 Å². The zero-order valence-corrected chi connectivity index (χ0v) is 19.0. The van der Waals surface area contributed by atoms with Crippen LogP contribution in [0.5, 0.6) is 5.88 Å². The number of thiocarbonyl (C=S) groups is 1. The van der Waals surface area contributed by atoms with Gasteiger partial charge in [0.15, 0.2) is 5.69 Å². The molecule has 0 aliphatic heterocycles. The molecular weight excluding hydrogens is 447 g/mol. The summed E-state index contributed by atoms with van der Waals surface area (Å²) in [5, 5.41) is 23.3. The lowest BCUT2D eigenvalue weighted by molar-refractivity contribution is 0.428. The summed E-state index contributed by atoms with van der Waals surface area (Å²) < 4.78 is 15.9. The third-order valence-electron chi connectivity index (χ3n) is 5.29. The fraction of sp³-hybridized carbons (Fsp3) is 0.125. The Hall–Kier alpha value is -3.29. The van der Waals surface area contributed by atoms with Crippen LogP contribution in [-0.2, 0) is 6.54 Å². The molecule has 1 heterocycles. The first kappa shape index (κ1) is 21.9. The van der Waals surface area contributed by atoms with Gasteiger partial charge in [0.1, 0.15) is 5.82 Å². The number of rotatable bonds is 4. The van der Waals surface area contributed by atoms with E-state index in [4.69, 9.17) is 23.8 Å². The molecule has 0 aliphatic carbocycles. The van der Waals surface area contributed by atoms with E-state index in [0.717, 1.165) is 11.3 Å². The number of aryl methyl sites for hydroxylation is 2. The quantitative estimate of drug-likeness (QED) is 0.245. The van der Waals surface area contributed by atoms with Crippen LogP contribution in [0.15, 0.2) is 70.9 Å². The number of hydrogen-bond acceptors (Lipinski definition) is 3. The van der Waals surface area contributed by atoms with E-state index in [1.807, 2.05) is 56.3 Å². The number of aromatic hydroxyl groups is 1. The van der Waals surface area contributed by atoms with Crippen molar-refractivity contribution >= 4 is 51.2 Å². The summed E-state index contributed by atoms with van der Waals surface area (Å²) in [5.41, 5.74) is 4.31. The molecule has 0 saturated carbocycles. The topological polar surface area (TPSA) is 61.9 Å². The van der Waals surface area contributed by atoms with Crippen LogP contribution in [0.2, 0.25) is 5.02 Å². The van der Waals surface area contributed by atoms with Gasteiger partial charge in [-0.2, -0.15) is 0 Å². The van der Waals surface area contributed by atoms with E-state index < -0.39 is 5.82 Å². The number of benzene rings is 3. The second kappa shape index (κ2) is 9.06. The number of para-hydroxylation sites is 1. The normalized spacial score (nSPS) is 11.4. The summed E-state index contributed by atoms with van der Waals surface area (Å²) in [5.74, 6) is -0.597. The van der Waals surface area contributed by atoms with Crippen LogP contribution >= 0.6 is 23.8 Å². The fourth-order valence-corrected chi connectivity index (χ4v) is 3.82. The molecular formula is C24H20ClFN4OS. The molecule has 1 aromatic heterocycles. The fourth-order valence-electron chi connectivity index (χ4n) is 3.43. The first-order valence-corrected chi connectivity index (χ1v) is 10.7. The van der Waals surface area contributed by atoms with E-state index in [0.29, 0.717) is 10.9 Å². The zero-order chi connectivity index (χ0) is 22.8. The Morgan fingerprint density at radius 1 is 1.09 bits per heavy atom. The van der Waals surface area contributed by atoms with E-state index in [1.165, 1.54) is 17.7 Å². The van der Waals surface area contributed by atoms with E-state index in [-0.39, 0.29) is 33.8 Å². The van der Waals surface area contributed by atoms with Crippen LogP contribution in [0.3, 0.4) is 0 Å². The number of anilines is 1. The molecule has 0 aliphatic rings. The predicted octanol–water partition coefficient (Wildman–Crippen LogP) is 7.29. The number of hydrogen-bond donors (Lipinski definition) is 2. The summed E-state index contributed by atoms with van der Waals surface area (Å²) in [7, 11) is 0. The van der Waals surface area contributed by atoms with Crippen molar-refractivity contribution in [2.45, 2.75) is 20.4 Å². The zero-order valence-electron chi connectivity index (χ0n) is 17.4. The van der Waals surface area contributed by atoms with Crippen molar-refractivity contribution in [2.75, 3.05) is 5.32 Å². The molecule has 4 rings (SSSR count). The summed E-state index contributed by atoms with van der Waals surface area (Å²) >= 11 is 11.5. The molecule has 5 nitrogen and oxygen atoms in total. The largest absolute Gasteiger partial charge is 0.493 e. The molecule has 0 amide bonds. The highest BCUT2D eigenvalue weighted by Gasteiger charge is 2.19. The number of nitrogens with zero attached hydrogens (tertiary/aromatic N) is 3. The molecule has 32 heavy (non-hydrogen) atoms. The SMILES string of the molecule is Cc1ccc(NC(=S)N=Nc2c(O)n(Cc3c(F)cccc3Cl)c3ccccc23)cc1C. The first-order valence-electron chi connectivity index (χ1n) is 9.88. The Kier molecular flexibility index (Phi) is 6.21. The molecule has 0 atom stereocenters. The van der Waals surface area contributed by atoms with Gasteiger partial charge in [-0.05, 0) is 67.5 Å². The summed E-state index contributed by atoms with van der Waals surface area (Å²) in [6.07, 6.45) is 0. The summed E-state index contributed by atoms with van der Waals surface area (Å²) in [6.45, 7) is 4.09. The summed E-state index contributed by atoms with van der Waals surface area (Å²) in [4.78, 5) is 0. The van der Waals surface area contributed by atoms with Gasteiger partial charge < -0.3 is 15.0 Å². The van der Waals surface area contributed by atoms with Crippen molar-refractivity contribution in [3.63, 3.8) is 0 Å². The second-order valence-corrected chi connectivity index (χ2v) is 8.20. The minimum absolute atomic E-state index is 0.0404. The number of halogens is 2. The van der Waals surface area contributed by atoms with Crippen LogP contribution < -0.4 is 5.32 Å². The maximum atomic E-state index is 14.3. The number of azo groups is 1. The Morgan fingerprint density at radius 2 is 1.88 bits per heavy atom. The Balaban J connectivity index is 1.66. The number of fused-ring (bicyclic) bond motifs is 1. The molecule has 162 valence electrons. The third kappa shape index (κ3) is 4.35. The number of nitrogens with one attached hydrogen (secondary N) is 1. The number of aromatic nitrogens is 1. The monoisotopic (exact) mass is 466 g/mol. The van der Waals surface area contributed by atoms with Crippen LogP contribution in [0, 0.1) is 19.7 Å². The highest BCUT2D eigenvalue weighted by molar-refractivity contribution is 7.80. The third-order valence-corrected chi connectivity index (χ3v) is 5.83. The molecule has 8 heteroatoms. The van der Waals surface area contributed by atoms with Crippen LogP contribution in [0.25, 0.3) is 10.9 Å². The van der Waals surface area contributed by atoms with Crippen molar-refractivity contribution < 1.29 is 9.50 Å². The van der Waals surface area contributed by atoms with Crippen molar-refractivity contribution in [1.29, 1.82) is 0 Å². The lowest BCUT2D eigenvalue weighted by Gasteiger charge is -2.10. The van der Waals surface area contributed by atoms with Gasteiger partial charge in [-0.3, -0.25) is 0 Å².